The van der Waals surface area contributed by atoms with Gasteiger partial charge >= 0.3 is 0 Å². The number of carbonyl (C=O) groups is 1. The van der Waals surface area contributed by atoms with E-state index in [1.54, 1.807) is 12.4 Å². The van der Waals surface area contributed by atoms with E-state index in [0.29, 0.717) is 11.2 Å². The molecule has 0 bridgehead atoms. The summed E-state index contributed by atoms with van der Waals surface area (Å²) in [5, 5.41) is 10.6. The molecule has 1 atom stereocenters. The zero-order valence-corrected chi connectivity index (χ0v) is 14.3. The highest BCUT2D eigenvalue weighted by atomic mass is 19.1. The Morgan fingerprint density at radius 3 is 2.88 bits per heavy atom. The minimum atomic E-state index is -0.575. The molecule has 3 heterocycles. The van der Waals surface area contributed by atoms with Gasteiger partial charge in [0.15, 0.2) is 11.5 Å². The third-order valence-electron chi connectivity index (χ3n) is 4.23. The largest absolute Gasteiger partial charge is 0.371 e. The van der Waals surface area contributed by atoms with Gasteiger partial charge in [0, 0.05) is 11.3 Å². The van der Waals surface area contributed by atoms with Crippen molar-refractivity contribution in [2.45, 2.75) is 38.9 Å². The van der Waals surface area contributed by atoms with E-state index in [0.717, 1.165) is 36.5 Å². The molecular formula is C17H17FN6O2. The van der Waals surface area contributed by atoms with Crippen LogP contribution < -0.4 is 5.32 Å². The van der Waals surface area contributed by atoms with Crippen LogP contribution >= 0.6 is 0 Å². The predicted octanol–water partition coefficient (Wildman–Crippen LogP) is 2.32. The molecule has 9 heteroatoms. The molecule has 3 aromatic rings. The summed E-state index contributed by atoms with van der Waals surface area (Å²) in [6.45, 7) is 3.96. The van der Waals surface area contributed by atoms with Crippen molar-refractivity contribution in [3.05, 3.63) is 47.4 Å². The molecule has 1 aliphatic carbocycles. The molecule has 0 saturated carbocycles. The smallest absolute Gasteiger partial charge is 0.261 e. The maximum atomic E-state index is 12.9. The molecule has 1 aliphatic rings. The summed E-state index contributed by atoms with van der Waals surface area (Å²) in [4.78, 5) is 20.2. The second-order valence-electron chi connectivity index (χ2n) is 6.38. The average molecular weight is 356 g/mol. The number of hydrogen-bond donors (Lipinski definition) is 1. The number of aromatic nitrogens is 5. The molecule has 134 valence electrons. The quantitative estimate of drug-likeness (QED) is 0.771. The van der Waals surface area contributed by atoms with E-state index in [4.69, 9.17) is 4.74 Å². The Morgan fingerprint density at radius 2 is 2.15 bits per heavy atom. The van der Waals surface area contributed by atoms with E-state index >= 15 is 0 Å². The summed E-state index contributed by atoms with van der Waals surface area (Å²) in [7, 11) is 0. The highest BCUT2D eigenvalue weighted by Gasteiger charge is 2.29. The Morgan fingerprint density at radius 1 is 1.38 bits per heavy atom. The summed E-state index contributed by atoms with van der Waals surface area (Å²) in [6.07, 6.45) is 5.24. The SMILES string of the molecule is CC(C)O[C@@H]1CCc2c1cc(C(=O)Nc1ncc(F)cn1)c1nncn21. The Hall–Kier alpha value is -2.94. The van der Waals surface area contributed by atoms with Crippen molar-refractivity contribution in [1.29, 1.82) is 0 Å². The zero-order valence-electron chi connectivity index (χ0n) is 14.3. The Kier molecular flexibility index (Phi) is 4.08. The number of pyridine rings is 1. The van der Waals surface area contributed by atoms with E-state index in [2.05, 4.69) is 25.5 Å². The summed E-state index contributed by atoms with van der Waals surface area (Å²) in [6, 6.07) is 1.79. The minimum absolute atomic E-state index is 0.0181. The third kappa shape index (κ3) is 2.90. The molecule has 1 N–H and O–H groups in total. The number of halogens is 1. The van der Waals surface area contributed by atoms with Gasteiger partial charge in [-0.3, -0.25) is 14.5 Å². The van der Waals surface area contributed by atoms with Crippen molar-refractivity contribution in [2.75, 3.05) is 5.32 Å². The second-order valence-corrected chi connectivity index (χ2v) is 6.38. The lowest BCUT2D eigenvalue weighted by Gasteiger charge is -2.17. The second kappa shape index (κ2) is 6.41. The fourth-order valence-corrected chi connectivity index (χ4v) is 3.21. The standard InChI is InChI=1S/C17H17FN6O2/c1-9(2)26-14-4-3-13-11(14)5-12(15-23-21-8-24(13)15)16(25)22-17-19-6-10(18)7-20-17/h5-9,14H,3-4H2,1-2H3,(H,19,20,22,25)/t14-/m1/s1. The maximum absolute atomic E-state index is 12.9. The molecule has 0 aromatic carbocycles. The van der Waals surface area contributed by atoms with Gasteiger partial charge < -0.3 is 4.74 Å². The van der Waals surface area contributed by atoms with Crippen LogP contribution in [0.15, 0.2) is 24.8 Å². The highest BCUT2D eigenvalue weighted by Crippen LogP contribution is 2.36. The fourth-order valence-electron chi connectivity index (χ4n) is 3.21. The van der Waals surface area contributed by atoms with Crippen LogP contribution in [-0.4, -0.2) is 36.6 Å². The first kappa shape index (κ1) is 16.5. The lowest BCUT2D eigenvalue weighted by molar-refractivity contribution is 0.00787. The first-order chi connectivity index (χ1) is 12.5. The molecule has 26 heavy (non-hydrogen) atoms. The minimum Gasteiger partial charge on any atom is -0.371 e. The van der Waals surface area contributed by atoms with Crippen LogP contribution in [0.3, 0.4) is 0 Å². The van der Waals surface area contributed by atoms with Crippen LogP contribution in [0.4, 0.5) is 10.3 Å². The van der Waals surface area contributed by atoms with Crippen LogP contribution in [0.1, 0.15) is 48.0 Å². The van der Waals surface area contributed by atoms with Crippen molar-refractivity contribution in [1.82, 2.24) is 24.6 Å². The van der Waals surface area contributed by atoms with Gasteiger partial charge in [-0.05, 0) is 32.8 Å². The number of nitrogens with one attached hydrogen (secondary N) is 1. The van der Waals surface area contributed by atoms with E-state index in [9.17, 15) is 9.18 Å². The number of rotatable bonds is 4. The van der Waals surface area contributed by atoms with Crippen molar-refractivity contribution in [2.24, 2.45) is 0 Å². The first-order valence-electron chi connectivity index (χ1n) is 8.33. The number of hydrogen-bond acceptors (Lipinski definition) is 6. The maximum Gasteiger partial charge on any atom is 0.261 e. The van der Waals surface area contributed by atoms with Crippen molar-refractivity contribution < 1.29 is 13.9 Å². The molecule has 0 saturated heterocycles. The fraction of sp³-hybridized carbons (Fsp3) is 0.353. The highest BCUT2D eigenvalue weighted by molar-refractivity contribution is 6.07. The lowest BCUT2D eigenvalue weighted by atomic mass is 10.1. The van der Waals surface area contributed by atoms with Gasteiger partial charge in [0.1, 0.15) is 6.33 Å². The predicted molar refractivity (Wildman–Crippen MR) is 90.2 cm³/mol. The summed E-state index contributed by atoms with van der Waals surface area (Å²) in [5.41, 5.74) is 2.79. The van der Waals surface area contributed by atoms with Crippen LogP contribution in [-0.2, 0) is 11.2 Å². The van der Waals surface area contributed by atoms with Gasteiger partial charge in [-0.2, -0.15) is 0 Å². The number of amides is 1. The zero-order chi connectivity index (χ0) is 18.3. The van der Waals surface area contributed by atoms with E-state index < -0.39 is 11.7 Å². The Balaban J connectivity index is 1.73. The summed E-state index contributed by atoms with van der Waals surface area (Å²) >= 11 is 0. The molecular weight excluding hydrogens is 339 g/mol. The Bertz CT molecular complexity index is 969. The Labute approximate surface area is 148 Å². The third-order valence-corrected chi connectivity index (χ3v) is 4.23. The number of fused-ring (bicyclic) bond motifs is 3. The van der Waals surface area contributed by atoms with E-state index in [1.165, 1.54) is 0 Å². The summed E-state index contributed by atoms with van der Waals surface area (Å²) < 4.78 is 20.7. The molecule has 0 spiro atoms. The van der Waals surface area contributed by atoms with E-state index in [1.807, 2.05) is 18.2 Å². The van der Waals surface area contributed by atoms with Gasteiger partial charge in [0.25, 0.3) is 5.91 Å². The molecule has 3 aromatic heterocycles. The molecule has 0 fully saturated rings. The normalized spacial score (nSPS) is 16.2. The van der Waals surface area contributed by atoms with Gasteiger partial charge in [0.05, 0.1) is 30.2 Å². The van der Waals surface area contributed by atoms with Gasteiger partial charge in [0.2, 0.25) is 5.95 Å². The van der Waals surface area contributed by atoms with Crippen molar-refractivity contribution in [3.8, 4) is 0 Å². The average Bonchev–Trinajstić information content (AvgIpc) is 3.22. The monoisotopic (exact) mass is 356 g/mol. The molecule has 0 radical (unpaired) electrons. The van der Waals surface area contributed by atoms with Crippen LogP contribution in [0.5, 0.6) is 0 Å². The molecule has 8 nitrogen and oxygen atoms in total. The van der Waals surface area contributed by atoms with Gasteiger partial charge in [-0.1, -0.05) is 0 Å². The van der Waals surface area contributed by atoms with Crippen LogP contribution in [0, 0.1) is 5.82 Å². The number of carbonyl (C=O) groups excluding carboxylic acids is 1. The number of nitrogens with zero attached hydrogens (tertiary/aromatic N) is 5. The number of aryl methyl sites for hydroxylation is 1. The topological polar surface area (TPSA) is 94.3 Å². The molecule has 0 unspecified atom stereocenters. The van der Waals surface area contributed by atoms with E-state index in [-0.39, 0.29) is 18.2 Å². The van der Waals surface area contributed by atoms with Crippen LogP contribution in [0.25, 0.3) is 5.65 Å². The molecule has 4 rings (SSSR count). The number of ether oxygens (including phenoxy) is 1. The van der Waals surface area contributed by atoms with Gasteiger partial charge in [-0.25, -0.2) is 14.4 Å². The van der Waals surface area contributed by atoms with Gasteiger partial charge in [-0.15, -0.1) is 10.2 Å². The van der Waals surface area contributed by atoms with Crippen molar-refractivity contribution >= 4 is 17.5 Å². The number of anilines is 1. The first-order valence-corrected chi connectivity index (χ1v) is 8.33. The van der Waals surface area contributed by atoms with Crippen molar-refractivity contribution in [3.63, 3.8) is 0 Å². The lowest BCUT2D eigenvalue weighted by Crippen LogP contribution is -2.17. The van der Waals surface area contributed by atoms with Crippen LogP contribution in [0.2, 0.25) is 0 Å². The summed E-state index contributed by atoms with van der Waals surface area (Å²) in [5.74, 6) is -0.994. The molecule has 1 amide bonds. The molecule has 0 aliphatic heterocycles.